The molecule has 19 heavy (non-hydrogen) atoms. The number of carbonyl (C=O) groups is 2. The van der Waals surface area contributed by atoms with Gasteiger partial charge in [0.05, 0.1) is 6.54 Å². The maximum absolute atomic E-state index is 12.2. The molecule has 1 aliphatic rings. The molecule has 0 spiro atoms. The minimum absolute atomic E-state index is 0.0704. The van der Waals surface area contributed by atoms with Gasteiger partial charge in [-0.1, -0.05) is 30.3 Å². The third-order valence-electron chi connectivity index (χ3n) is 3.02. The Morgan fingerprint density at radius 2 is 1.84 bits per heavy atom. The summed E-state index contributed by atoms with van der Waals surface area (Å²) in [6.07, 6.45) is -0.621. The number of hydrogen-bond donors (Lipinski definition) is 1. The van der Waals surface area contributed by atoms with Crippen molar-refractivity contribution in [2.45, 2.75) is 12.3 Å². The first-order valence-electron chi connectivity index (χ1n) is 5.89. The van der Waals surface area contributed by atoms with Crippen LogP contribution in [0.1, 0.15) is 11.6 Å². The number of urea groups is 1. The van der Waals surface area contributed by atoms with Crippen LogP contribution in [0.4, 0.5) is 4.79 Å². The van der Waals surface area contributed by atoms with Gasteiger partial charge in [-0.3, -0.25) is 9.69 Å². The Balaban J connectivity index is 2.13. The highest BCUT2D eigenvalue weighted by atomic mass is 16.7. The minimum atomic E-state index is -0.636. The van der Waals surface area contributed by atoms with Crippen molar-refractivity contribution in [2.75, 3.05) is 20.8 Å². The molecule has 0 bridgehead atoms. The Morgan fingerprint density at radius 3 is 2.42 bits per heavy atom. The Labute approximate surface area is 111 Å². The number of benzene rings is 1. The SMILES string of the molecule is COC(CN1C(=O)NC(c2ccccc2)C1=O)OC. The Morgan fingerprint density at radius 1 is 1.21 bits per heavy atom. The lowest BCUT2D eigenvalue weighted by Crippen LogP contribution is -2.39. The molecule has 6 nitrogen and oxygen atoms in total. The molecular weight excluding hydrogens is 248 g/mol. The van der Waals surface area contributed by atoms with Gasteiger partial charge in [0.25, 0.3) is 5.91 Å². The molecular formula is C13H16N2O4. The van der Waals surface area contributed by atoms with Crippen molar-refractivity contribution < 1.29 is 19.1 Å². The smallest absolute Gasteiger partial charge is 0.325 e. The van der Waals surface area contributed by atoms with Crippen LogP contribution >= 0.6 is 0 Å². The molecule has 1 aromatic carbocycles. The number of rotatable bonds is 5. The van der Waals surface area contributed by atoms with Crippen LogP contribution in [-0.4, -0.2) is 43.9 Å². The van der Waals surface area contributed by atoms with E-state index in [-0.39, 0.29) is 12.5 Å². The van der Waals surface area contributed by atoms with Gasteiger partial charge in [0.1, 0.15) is 6.04 Å². The fourth-order valence-electron chi connectivity index (χ4n) is 1.96. The summed E-state index contributed by atoms with van der Waals surface area (Å²) in [5.41, 5.74) is 0.759. The van der Waals surface area contributed by atoms with E-state index in [1.54, 1.807) is 12.1 Å². The van der Waals surface area contributed by atoms with E-state index in [1.165, 1.54) is 14.2 Å². The minimum Gasteiger partial charge on any atom is -0.354 e. The highest BCUT2D eigenvalue weighted by Crippen LogP contribution is 2.21. The number of carbonyl (C=O) groups excluding carboxylic acids is 2. The van der Waals surface area contributed by atoms with Crippen LogP contribution in [0.15, 0.2) is 30.3 Å². The summed E-state index contributed by atoms with van der Waals surface area (Å²) in [5, 5.41) is 2.65. The summed E-state index contributed by atoms with van der Waals surface area (Å²) >= 11 is 0. The van der Waals surface area contributed by atoms with E-state index < -0.39 is 18.4 Å². The van der Waals surface area contributed by atoms with E-state index >= 15 is 0 Å². The van der Waals surface area contributed by atoms with Crippen molar-refractivity contribution in [1.29, 1.82) is 0 Å². The zero-order valence-corrected chi connectivity index (χ0v) is 10.8. The van der Waals surface area contributed by atoms with Gasteiger partial charge in [0.2, 0.25) is 0 Å². The molecule has 6 heteroatoms. The Hall–Kier alpha value is -1.92. The van der Waals surface area contributed by atoms with Crippen molar-refractivity contribution in [2.24, 2.45) is 0 Å². The van der Waals surface area contributed by atoms with Gasteiger partial charge in [-0.15, -0.1) is 0 Å². The Kier molecular flexibility index (Phi) is 4.13. The van der Waals surface area contributed by atoms with E-state index in [4.69, 9.17) is 9.47 Å². The van der Waals surface area contributed by atoms with E-state index in [2.05, 4.69) is 5.32 Å². The highest BCUT2D eigenvalue weighted by molar-refractivity contribution is 6.04. The zero-order valence-electron chi connectivity index (χ0n) is 10.8. The zero-order chi connectivity index (χ0) is 13.8. The summed E-state index contributed by atoms with van der Waals surface area (Å²) in [7, 11) is 2.92. The van der Waals surface area contributed by atoms with Gasteiger partial charge in [0, 0.05) is 14.2 Å². The van der Waals surface area contributed by atoms with Gasteiger partial charge < -0.3 is 14.8 Å². The fourth-order valence-corrected chi connectivity index (χ4v) is 1.96. The second kappa shape index (κ2) is 5.81. The van der Waals surface area contributed by atoms with Crippen LogP contribution in [0.5, 0.6) is 0 Å². The predicted molar refractivity (Wildman–Crippen MR) is 67.2 cm³/mol. The van der Waals surface area contributed by atoms with E-state index in [1.807, 2.05) is 18.2 Å². The maximum Gasteiger partial charge on any atom is 0.325 e. The summed E-state index contributed by atoms with van der Waals surface area (Å²) in [5.74, 6) is -0.296. The molecule has 1 unspecified atom stereocenters. The van der Waals surface area contributed by atoms with Gasteiger partial charge in [-0.2, -0.15) is 0 Å². The summed E-state index contributed by atoms with van der Waals surface area (Å²) in [4.78, 5) is 25.1. The number of nitrogens with one attached hydrogen (secondary N) is 1. The average Bonchev–Trinajstić information content (AvgIpc) is 2.73. The molecule has 1 N–H and O–H groups in total. The first-order chi connectivity index (χ1) is 9.17. The first kappa shape index (κ1) is 13.5. The average molecular weight is 264 g/mol. The first-order valence-corrected chi connectivity index (χ1v) is 5.89. The highest BCUT2D eigenvalue weighted by Gasteiger charge is 2.39. The molecule has 1 atom stereocenters. The number of ether oxygens (including phenoxy) is 2. The number of amides is 3. The molecule has 2 rings (SSSR count). The monoisotopic (exact) mass is 264 g/mol. The topological polar surface area (TPSA) is 67.9 Å². The number of methoxy groups -OCH3 is 2. The predicted octanol–water partition coefficient (Wildman–Crippen LogP) is 0.898. The van der Waals surface area contributed by atoms with E-state index in [0.717, 1.165) is 10.5 Å². The van der Waals surface area contributed by atoms with Crippen molar-refractivity contribution in [1.82, 2.24) is 10.2 Å². The lowest BCUT2D eigenvalue weighted by Gasteiger charge is -2.19. The molecule has 1 aromatic rings. The summed E-state index contributed by atoms with van der Waals surface area (Å²) < 4.78 is 10.0. The molecule has 1 fully saturated rings. The number of nitrogens with zero attached hydrogens (tertiary/aromatic N) is 1. The molecule has 0 radical (unpaired) electrons. The van der Waals surface area contributed by atoms with Gasteiger partial charge in [-0.05, 0) is 5.56 Å². The normalized spacial score (nSPS) is 19.1. The molecule has 102 valence electrons. The third kappa shape index (κ3) is 2.74. The van der Waals surface area contributed by atoms with E-state index in [0.29, 0.717) is 0 Å². The largest absolute Gasteiger partial charge is 0.354 e. The molecule has 3 amide bonds. The van der Waals surface area contributed by atoms with Crippen molar-refractivity contribution in [3.8, 4) is 0 Å². The molecule has 1 heterocycles. The lowest BCUT2D eigenvalue weighted by atomic mass is 10.1. The van der Waals surface area contributed by atoms with Gasteiger partial charge >= 0.3 is 6.03 Å². The van der Waals surface area contributed by atoms with Crippen LogP contribution in [0.3, 0.4) is 0 Å². The third-order valence-corrected chi connectivity index (χ3v) is 3.02. The van der Waals surface area contributed by atoms with Crippen LogP contribution in [0.2, 0.25) is 0 Å². The quantitative estimate of drug-likeness (QED) is 0.633. The van der Waals surface area contributed by atoms with Crippen LogP contribution in [-0.2, 0) is 14.3 Å². The molecule has 1 saturated heterocycles. The van der Waals surface area contributed by atoms with Crippen molar-refractivity contribution in [3.05, 3.63) is 35.9 Å². The van der Waals surface area contributed by atoms with Gasteiger partial charge in [-0.25, -0.2) is 4.79 Å². The number of imide groups is 1. The second-order valence-corrected chi connectivity index (χ2v) is 4.14. The van der Waals surface area contributed by atoms with E-state index in [9.17, 15) is 9.59 Å². The Bertz CT molecular complexity index is 459. The summed E-state index contributed by atoms with van der Waals surface area (Å²) in [6, 6.07) is 8.04. The summed E-state index contributed by atoms with van der Waals surface area (Å²) in [6.45, 7) is 0.0704. The van der Waals surface area contributed by atoms with Crippen LogP contribution in [0, 0.1) is 0 Å². The van der Waals surface area contributed by atoms with Crippen molar-refractivity contribution >= 4 is 11.9 Å². The molecule has 0 aliphatic carbocycles. The fraction of sp³-hybridized carbons (Fsp3) is 0.385. The second-order valence-electron chi connectivity index (χ2n) is 4.14. The molecule has 0 saturated carbocycles. The number of hydrogen-bond acceptors (Lipinski definition) is 4. The van der Waals surface area contributed by atoms with Crippen LogP contribution in [0.25, 0.3) is 0 Å². The standard InChI is InChI=1S/C13H16N2O4/c1-18-10(19-2)8-15-12(16)11(14-13(15)17)9-6-4-3-5-7-9/h3-7,10-11H,8H2,1-2H3,(H,14,17). The maximum atomic E-state index is 12.2. The van der Waals surface area contributed by atoms with Gasteiger partial charge in [0.15, 0.2) is 6.29 Å². The lowest BCUT2D eigenvalue weighted by molar-refractivity contribution is -0.138. The molecule has 0 aromatic heterocycles. The molecule has 1 aliphatic heterocycles. The van der Waals surface area contributed by atoms with Crippen LogP contribution < -0.4 is 5.32 Å². The van der Waals surface area contributed by atoms with Crippen molar-refractivity contribution in [3.63, 3.8) is 0 Å².